The van der Waals surface area contributed by atoms with Gasteiger partial charge in [0, 0.05) is 13.0 Å². The number of nitrogens with zero attached hydrogens (tertiary/aromatic N) is 3. The number of benzene rings is 1. The van der Waals surface area contributed by atoms with Crippen molar-refractivity contribution in [3.05, 3.63) is 69.4 Å². The van der Waals surface area contributed by atoms with Crippen LogP contribution < -0.4 is 5.56 Å². The molecule has 0 bridgehead atoms. The number of oxazole rings is 1. The highest BCUT2D eigenvalue weighted by Gasteiger charge is 2.18. The number of hydrogen-bond donors (Lipinski definition) is 0. The van der Waals surface area contributed by atoms with E-state index >= 15 is 0 Å². The number of fused-ring (bicyclic) bond motifs is 2. The number of carbonyl (C=O) groups is 1. The van der Waals surface area contributed by atoms with Crippen LogP contribution in [0.25, 0.3) is 21.7 Å². The predicted octanol–water partition coefficient (Wildman–Crippen LogP) is 3.42. The maximum Gasteiger partial charge on any atom is 0.338 e. The molecule has 0 unspecified atom stereocenters. The number of aromatic nitrogens is 3. The van der Waals surface area contributed by atoms with Crippen molar-refractivity contribution in [1.29, 1.82) is 0 Å². The van der Waals surface area contributed by atoms with E-state index in [0.29, 0.717) is 34.6 Å². The third kappa shape index (κ3) is 2.91. The summed E-state index contributed by atoms with van der Waals surface area (Å²) in [5.41, 5.74) is 1.35. The van der Waals surface area contributed by atoms with E-state index in [9.17, 15) is 9.59 Å². The molecule has 4 aromatic rings. The molecule has 8 heteroatoms. The standard InChI is InChI=1S/C20H15N3O4S/c24-19-14-6-5-12(9-15(14)22-17-4-1-7-23(17)19)20(25)27-11-13-10-26-18(21-13)16-3-2-8-28-16/h2-3,5-6,8-10H,1,4,7,11H2. The molecule has 0 saturated heterocycles. The number of aryl methyl sites for hydroxylation is 1. The lowest BCUT2D eigenvalue weighted by Crippen LogP contribution is -2.21. The molecule has 1 aliphatic rings. The normalized spacial score (nSPS) is 13.0. The zero-order valence-corrected chi connectivity index (χ0v) is 15.6. The number of carbonyl (C=O) groups excluding carboxylic acids is 1. The first-order valence-corrected chi connectivity index (χ1v) is 9.76. The van der Waals surface area contributed by atoms with Crippen LogP contribution in [0.5, 0.6) is 0 Å². The third-order valence-electron chi connectivity index (χ3n) is 4.69. The molecule has 0 aliphatic carbocycles. The van der Waals surface area contributed by atoms with Crippen molar-refractivity contribution in [2.45, 2.75) is 26.0 Å². The van der Waals surface area contributed by atoms with Gasteiger partial charge in [0.1, 0.15) is 24.4 Å². The number of esters is 1. The minimum atomic E-state index is -0.495. The topological polar surface area (TPSA) is 87.2 Å². The van der Waals surface area contributed by atoms with Crippen LogP contribution in [0.4, 0.5) is 0 Å². The molecular formula is C20H15N3O4S. The fourth-order valence-corrected chi connectivity index (χ4v) is 3.98. The van der Waals surface area contributed by atoms with Crippen molar-refractivity contribution in [3.63, 3.8) is 0 Å². The van der Waals surface area contributed by atoms with Crippen LogP contribution in [-0.4, -0.2) is 20.5 Å². The molecule has 28 heavy (non-hydrogen) atoms. The fourth-order valence-electron chi connectivity index (χ4n) is 3.32. The number of ether oxygens (including phenoxy) is 1. The highest BCUT2D eigenvalue weighted by atomic mass is 32.1. The van der Waals surface area contributed by atoms with E-state index in [2.05, 4.69) is 9.97 Å². The first kappa shape index (κ1) is 16.9. The minimum absolute atomic E-state index is 0.00597. The van der Waals surface area contributed by atoms with Crippen molar-refractivity contribution < 1.29 is 13.9 Å². The van der Waals surface area contributed by atoms with Gasteiger partial charge in [-0.15, -0.1) is 11.3 Å². The molecule has 0 N–H and O–H groups in total. The van der Waals surface area contributed by atoms with E-state index in [4.69, 9.17) is 9.15 Å². The molecule has 1 aliphatic heterocycles. The third-order valence-corrected chi connectivity index (χ3v) is 5.54. The number of hydrogen-bond acceptors (Lipinski definition) is 7. The Balaban J connectivity index is 1.35. The Bertz CT molecular complexity index is 1240. The van der Waals surface area contributed by atoms with Gasteiger partial charge >= 0.3 is 5.97 Å². The minimum Gasteiger partial charge on any atom is -0.455 e. The monoisotopic (exact) mass is 393 g/mol. The summed E-state index contributed by atoms with van der Waals surface area (Å²) < 4.78 is 12.5. The van der Waals surface area contributed by atoms with Crippen molar-refractivity contribution in [2.75, 3.05) is 0 Å². The van der Waals surface area contributed by atoms with Crippen LogP contribution in [0.2, 0.25) is 0 Å². The van der Waals surface area contributed by atoms with Crippen LogP contribution >= 0.6 is 11.3 Å². The Labute approximate surface area is 163 Å². The molecule has 3 aromatic heterocycles. The van der Waals surface area contributed by atoms with Gasteiger partial charge in [0.05, 0.1) is 21.3 Å². The van der Waals surface area contributed by atoms with Crippen molar-refractivity contribution in [2.24, 2.45) is 0 Å². The molecule has 7 nitrogen and oxygen atoms in total. The van der Waals surface area contributed by atoms with Gasteiger partial charge in [-0.1, -0.05) is 6.07 Å². The second-order valence-electron chi connectivity index (χ2n) is 6.52. The van der Waals surface area contributed by atoms with Gasteiger partial charge < -0.3 is 9.15 Å². The van der Waals surface area contributed by atoms with Gasteiger partial charge in [0.15, 0.2) is 0 Å². The molecule has 0 amide bonds. The lowest BCUT2D eigenvalue weighted by molar-refractivity contribution is 0.0468. The molecule has 0 spiro atoms. The SMILES string of the molecule is O=C(OCc1coc(-c2cccs2)n1)c1ccc2c(=O)n3c(nc2c1)CCC3. The van der Waals surface area contributed by atoms with Gasteiger partial charge in [-0.05, 0) is 36.1 Å². The van der Waals surface area contributed by atoms with Gasteiger partial charge in [-0.2, -0.15) is 0 Å². The largest absolute Gasteiger partial charge is 0.455 e. The first-order chi connectivity index (χ1) is 13.7. The Morgan fingerprint density at radius 2 is 2.21 bits per heavy atom. The molecule has 0 atom stereocenters. The zero-order chi connectivity index (χ0) is 19.1. The average molecular weight is 393 g/mol. The molecule has 140 valence electrons. The van der Waals surface area contributed by atoms with Crippen LogP contribution in [-0.2, 0) is 24.3 Å². The number of thiophene rings is 1. The molecule has 4 heterocycles. The lowest BCUT2D eigenvalue weighted by atomic mass is 10.1. The summed E-state index contributed by atoms with van der Waals surface area (Å²) in [5, 5.41) is 2.45. The van der Waals surface area contributed by atoms with Crippen LogP contribution in [0.1, 0.15) is 28.3 Å². The molecular weight excluding hydrogens is 378 g/mol. The summed E-state index contributed by atoms with van der Waals surface area (Å²) >= 11 is 1.52. The summed E-state index contributed by atoms with van der Waals surface area (Å²) in [6.07, 6.45) is 3.17. The van der Waals surface area contributed by atoms with Crippen LogP contribution in [0.15, 0.2) is 51.2 Å². The van der Waals surface area contributed by atoms with Gasteiger partial charge in [0.2, 0.25) is 5.89 Å². The molecule has 1 aromatic carbocycles. The highest BCUT2D eigenvalue weighted by molar-refractivity contribution is 7.13. The predicted molar refractivity (Wildman–Crippen MR) is 103 cm³/mol. The van der Waals surface area contributed by atoms with Crippen LogP contribution in [0.3, 0.4) is 0 Å². The molecule has 0 saturated carbocycles. The van der Waals surface area contributed by atoms with Crippen LogP contribution in [0, 0.1) is 0 Å². The quantitative estimate of drug-likeness (QED) is 0.494. The summed E-state index contributed by atoms with van der Waals surface area (Å²) in [7, 11) is 0. The Morgan fingerprint density at radius 3 is 3.07 bits per heavy atom. The summed E-state index contributed by atoms with van der Waals surface area (Å²) in [4.78, 5) is 34.7. The maximum atomic E-state index is 12.5. The summed E-state index contributed by atoms with van der Waals surface area (Å²) in [5.74, 6) is 0.780. The van der Waals surface area contributed by atoms with Crippen molar-refractivity contribution >= 4 is 28.2 Å². The van der Waals surface area contributed by atoms with E-state index in [1.807, 2.05) is 17.5 Å². The van der Waals surface area contributed by atoms with Crippen molar-refractivity contribution in [1.82, 2.24) is 14.5 Å². The summed E-state index contributed by atoms with van der Waals surface area (Å²) in [6, 6.07) is 8.66. The van der Waals surface area contributed by atoms with E-state index in [1.54, 1.807) is 22.8 Å². The Kier molecular flexibility index (Phi) is 4.05. The first-order valence-electron chi connectivity index (χ1n) is 8.88. The van der Waals surface area contributed by atoms with Gasteiger partial charge in [0.25, 0.3) is 5.56 Å². The van der Waals surface area contributed by atoms with E-state index < -0.39 is 5.97 Å². The zero-order valence-electron chi connectivity index (χ0n) is 14.8. The van der Waals surface area contributed by atoms with E-state index in [1.165, 1.54) is 17.6 Å². The average Bonchev–Trinajstić information content (AvgIpc) is 3.46. The molecule has 0 radical (unpaired) electrons. The second kappa shape index (κ2) is 6.72. The summed E-state index contributed by atoms with van der Waals surface area (Å²) in [6.45, 7) is 0.706. The van der Waals surface area contributed by atoms with E-state index in [0.717, 1.165) is 23.5 Å². The highest BCUT2D eigenvalue weighted by Crippen LogP contribution is 2.24. The smallest absolute Gasteiger partial charge is 0.338 e. The fraction of sp³-hybridized carbons (Fsp3) is 0.200. The molecule has 0 fully saturated rings. The lowest BCUT2D eigenvalue weighted by Gasteiger charge is -2.07. The van der Waals surface area contributed by atoms with Crippen molar-refractivity contribution in [3.8, 4) is 10.8 Å². The number of rotatable bonds is 4. The maximum absolute atomic E-state index is 12.5. The Morgan fingerprint density at radius 1 is 1.29 bits per heavy atom. The van der Waals surface area contributed by atoms with Gasteiger partial charge in [-0.25, -0.2) is 14.8 Å². The molecule has 5 rings (SSSR count). The van der Waals surface area contributed by atoms with E-state index in [-0.39, 0.29) is 12.2 Å². The van der Waals surface area contributed by atoms with Gasteiger partial charge in [-0.3, -0.25) is 9.36 Å². The Hall–Kier alpha value is -3.26. The second-order valence-corrected chi connectivity index (χ2v) is 7.47.